The molecule has 0 saturated carbocycles. The summed E-state index contributed by atoms with van der Waals surface area (Å²) in [6.07, 6.45) is -1.54. The van der Waals surface area contributed by atoms with Gasteiger partial charge in [0.1, 0.15) is 6.10 Å². The van der Waals surface area contributed by atoms with E-state index in [1.807, 2.05) is 0 Å². The third-order valence-electron chi connectivity index (χ3n) is 1.33. The smallest absolute Gasteiger partial charge is 0.275 e. The van der Waals surface area contributed by atoms with Crippen molar-refractivity contribution in [3.8, 4) is 0 Å². The molecule has 0 aromatic carbocycles. The second kappa shape index (κ2) is 2.60. The van der Waals surface area contributed by atoms with Crippen LogP contribution in [0.5, 0.6) is 0 Å². The molecule has 0 heterocycles. The van der Waals surface area contributed by atoms with E-state index in [2.05, 4.69) is 0 Å². The van der Waals surface area contributed by atoms with Gasteiger partial charge < -0.3 is 5.11 Å². The number of halogens is 2. The minimum absolute atomic E-state index is 0.794. The standard InChI is InChI=1S/C6H12F2O/c1-4(2)6(7,8)5(3)9/h4-5,9H,1-3H3/t5-/m1/s1. The quantitative estimate of drug-likeness (QED) is 0.615. The van der Waals surface area contributed by atoms with Gasteiger partial charge in [-0.25, -0.2) is 8.78 Å². The van der Waals surface area contributed by atoms with Gasteiger partial charge in [-0.05, 0) is 6.92 Å². The first-order valence-electron chi connectivity index (χ1n) is 2.95. The van der Waals surface area contributed by atoms with Crippen molar-refractivity contribution < 1.29 is 13.9 Å². The molecule has 1 N–H and O–H groups in total. The summed E-state index contributed by atoms with van der Waals surface area (Å²) in [5.41, 5.74) is 0. The van der Waals surface area contributed by atoms with Crippen molar-refractivity contribution in [1.29, 1.82) is 0 Å². The van der Waals surface area contributed by atoms with Crippen LogP contribution in [-0.4, -0.2) is 17.1 Å². The van der Waals surface area contributed by atoms with Crippen LogP contribution in [-0.2, 0) is 0 Å². The average Bonchev–Trinajstić information content (AvgIpc) is 1.65. The van der Waals surface area contributed by atoms with Gasteiger partial charge in [-0.15, -0.1) is 0 Å². The van der Waals surface area contributed by atoms with E-state index in [-0.39, 0.29) is 0 Å². The summed E-state index contributed by atoms with van der Waals surface area (Å²) >= 11 is 0. The summed E-state index contributed by atoms with van der Waals surface area (Å²) in [6.45, 7) is 3.86. The van der Waals surface area contributed by atoms with Gasteiger partial charge in [0.2, 0.25) is 0 Å². The second-order valence-corrected chi connectivity index (χ2v) is 2.51. The van der Waals surface area contributed by atoms with Gasteiger partial charge in [0, 0.05) is 5.92 Å². The highest BCUT2D eigenvalue weighted by molar-refractivity contribution is 4.75. The highest BCUT2D eigenvalue weighted by Gasteiger charge is 2.38. The van der Waals surface area contributed by atoms with Crippen LogP contribution in [0.2, 0.25) is 0 Å². The first kappa shape index (κ1) is 8.82. The molecule has 0 aliphatic rings. The molecule has 0 rings (SSSR count). The van der Waals surface area contributed by atoms with Gasteiger partial charge in [0.25, 0.3) is 5.92 Å². The van der Waals surface area contributed by atoms with Gasteiger partial charge in [-0.1, -0.05) is 13.8 Å². The van der Waals surface area contributed by atoms with E-state index in [9.17, 15) is 8.78 Å². The number of aliphatic hydroxyl groups excluding tert-OH is 1. The molecule has 1 atom stereocenters. The molecule has 0 fully saturated rings. The zero-order valence-electron chi connectivity index (χ0n) is 5.86. The van der Waals surface area contributed by atoms with Crippen LogP contribution in [0.3, 0.4) is 0 Å². The highest BCUT2D eigenvalue weighted by Crippen LogP contribution is 2.27. The predicted molar refractivity (Wildman–Crippen MR) is 31.5 cm³/mol. The Hall–Kier alpha value is -0.180. The molecular weight excluding hydrogens is 126 g/mol. The summed E-state index contributed by atoms with van der Waals surface area (Å²) < 4.78 is 24.8. The molecule has 0 aliphatic carbocycles. The zero-order valence-corrected chi connectivity index (χ0v) is 5.86. The largest absolute Gasteiger partial charge is 0.387 e. The number of rotatable bonds is 2. The molecular formula is C6H12F2O. The second-order valence-electron chi connectivity index (χ2n) is 2.51. The topological polar surface area (TPSA) is 20.2 Å². The lowest BCUT2D eigenvalue weighted by molar-refractivity contribution is -0.131. The molecule has 0 spiro atoms. The van der Waals surface area contributed by atoms with E-state index in [0.717, 1.165) is 6.92 Å². The Morgan fingerprint density at radius 2 is 1.56 bits per heavy atom. The van der Waals surface area contributed by atoms with E-state index in [4.69, 9.17) is 5.11 Å². The zero-order chi connectivity index (χ0) is 7.65. The van der Waals surface area contributed by atoms with Gasteiger partial charge >= 0.3 is 0 Å². The minimum atomic E-state index is -2.94. The lowest BCUT2D eigenvalue weighted by atomic mass is 10.0. The summed E-state index contributed by atoms with van der Waals surface area (Å²) in [5, 5.41) is 8.50. The Morgan fingerprint density at radius 3 is 1.56 bits per heavy atom. The van der Waals surface area contributed by atoms with Crippen LogP contribution in [0.15, 0.2) is 0 Å². The van der Waals surface area contributed by atoms with Crippen molar-refractivity contribution in [2.45, 2.75) is 32.8 Å². The first-order valence-corrected chi connectivity index (χ1v) is 2.95. The van der Waals surface area contributed by atoms with Crippen molar-refractivity contribution in [2.24, 2.45) is 5.92 Å². The lowest BCUT2D eigenvalue weighted by Gasteiger charge is -2.22. The van der Waals surface area contributed by atoms with Crippen molar-refractivity contribution in [1.82, 2.24) is 0 Å². The van der Waals surface area contributed by atoms with Crippen molar-refractivity contribution in [2.75, 3.05) is 0 Å². The molecule has 0 aromatic rings. The highest BCUT2D eigenvalue weighted by atomic mass is 19.3. The van der Waals surface area contributed by atoms with E-state index in [1.165, 1.54) is 13.8 Å². The molecule has 9 heavy (non-hydrogen) atoms. The van der Waals surface area contributed by atoms with E-state index >= 15 is 0 Å². The molecule has 3 heteroatoms. The summed E-state index contributed by atoms with van der Waals surface area (Å²) in [4.78, 5) is 0. The lowest BCUT2D eigenvalue weighted by Crippen LogP contribution is -2.36. The van der Waals surface area contributed by atoms with E-state index < -0.39 is 17.9 Å². The number of hydrogen-bond acceptors (Lipinski definition) is 1. The van der Waals surface area contributed by atoms with Crippen molar-refractivity contribution in [3.63, 3.8) is 0 Å². The Labute approximate surface area is 53.7 Å². The van der Waals surface area contributed by atoms with Gasteiger partial charge in [-0.2, -0.15) is 0 Å². The molecule has 0 unspecified atom stereocenters. The van der Waals surface area contributed by atoms with Gasteiger partial charge in [-0.3, -0.25) is 0 Å². The Bertz CT molecular complexity index is 79.1. The number of aliphatic hydroxyl groups is 1. The van der Waals surface area contributed by atoms with Gasteiger partial charge in [0.05, 0.1) is 0 Å². The Balaban J connectivity index is 4.01. The molecule has 0 radical (unpaired) electrons. The minimum Gasteiger partial charge on any atom is -0.387 e. The van der Waals surface area contributed by atoms with Crippen molar-refractivity contribution >= 4 is 0 Å². The Morgan fingerprint density at radius 1 is 1.22 bits per heavy atom. The fourth-order valence-electron chi connectivity index (χ4n) is 0.482. The predicted octanol–water partition coefficient (Wildman–Crippen LogP) is 1.66. The molecule has 0 amide bonds. The maximum absolute atomic E-state index is 12.4. The third-order valence-corrected chi connectivity index (χ3v) is 1.33. The normalized spacial score (nSPS) is 16.3. The monoisotopic (exact) mass is 138 g/mol. The summed E-state index contributed by atoms with van der Waals surface area (Å²) in [6, 6.07) is 0. The molecule has 0 bridgehead atoms. The third kappa shape index (κ3) is 1.90. The maximum Gasteiger partial charge on any atom is 0.275 e. The average molecular weight is 138 g/mol. The summed E-state index contributed by atoms with van der Waals surface area (Å²) in [5.74, 6) is -3.74. The fourth-order valence-corrected chi connectivity index (χ4v) is 0.482. The van der Waals surface area contributed by atoms with Crippen LogP contribution in [0.1, 0.15) is 20.8 Å². The van der Waals surface area contributed by atoms with Crippen molar-refractivity contribution in [3.05, 3.63) is 0 Å². The van der Waals surface area contributed by atoms with Crippen LogP contribution in [0, 0.1) is 5.92 Å². The van der Waals surface area contributed by atoms with E-state index in [0.29, 0.717) is 0 Å². The molecule has 1 nitrogen and oxygen atoms in total. The molecule has 0 aromatic heterocycles. The maximum atomic E-state index is 12.4. The molecule has 0 aliphatic heterocycles. The number of alkyl halides is 2. The van der Waals surface area contributed by atoms with Crippen LogP contribution < -0.4 is 0 Å². The van der Waals surface area contributed by atoms with E-state index in [1.54, 1.807) is 0 Å². The Kier molecular flexibility index (Phi) is 2.55. The SMILES string of the molecule is CC(C)C(F)(F)[C@@H](C)O. The first-order chi connectivity index (χ1) is 3.89. The number of hydrogen-bond donors (Lipinski definition) is 1. The van der Waals surface area contributed by atoms with Crippen LogP contribution >= 0.6 is 0 Å². The summed E-state index contributed by atoms with van der Waals surface area (Å²) in [7, 11) is 0. The van der Waals surface area contributed by atoms with Crippen LogP contribution in [0.4, 0.5) is 8.78 Å². The molecule has 0 saturated heterocycles. The molecule has 56 valence electrons. The van der Waals surface area contributed by atoms with Crippen LogP contribution in [0.25, 0.3) is 0 Å². The van der Waals surface area contributed by atoms with Gasteiger partial charge in [0.15, 0.2) is 0 Å². The fraction of sp³-hybridized carbons (Fsp3) is 1.00.